The van der Waals surface area contributed by atoms with Gasteiger partial charge >= 0.3 is 6.18 Å². The number of benzene rings is 1. The fraction of sp³-hybridized carbons (Fsp3) is 0.619. The second kappa shape index (κ2) is 8.57. The van der Waals surface area contributed by atoms with E-state index in [0.717, 1.165) is 12.1 Å². The van der Waals surface area contributed by atoms with Crippen LogP contribution in [0.4, 0.5) is 13.2 Å². The van der Waals surface area contributed by atoms with Gasteiger partial charge in [-0.05, 0) is 37.8 Å². The van der Waals surface area contributed by atoms with Crippen LogP contribution in [0.5, 0.6) is 11.5 Å². The first-order valence-electron chi connectivity index (χ1n) is 10.5. The Labute approximate surface area is 177 Å². The van der Waals surface area contributed by atoms with Crippen molar-refractivity contribution in [2.75, 3.05) is 32.9 Å². The van der Waals surface area contributed by atoms with E-state index in [1.807, 2.05) is 0 Å². The molecule has 0 saturated carbocycles. The summed E-state index contributed by atoms with van der Waals surface area (Å²) >= 11 is 0. The Morgan fingerprint density at radius 3 is 2.65 bits per heavy atom. The standard InChI is InChI=1S/C21H25F3N2O5/c1-2-30-16-8-4-6-14-17(13-5-3-7-15(13)25-9-11-29-12-10-25)18(26(27)28)20(21(22,23)24)31-19(14)16/h4,6,8,17-18,20H,2-3,5,7,9-12H2,1H3/t17-,18+,20+/m1/s1. The molecule has 0 bridgehead atoms. The number of hydrogen-bond acceptors (Lipinski definition) is 6. The highest BCUT2D eigenvalue weighted by Crippen LogP contribution is 2.52. The van der Waals surface area contributed by atoms with E-state index in [4.69, 9.17) is 14.2 Å². The molecule has 0 N–H and O–H groups in total. The lowest BCUT2D eigenvalue weighted by Gasteiger charge is -2.38. The maximum Gasteiger partial charge on any atom is 0.432 e. The fourth-order valence-corrected chi connectivity index (χ4v) is 4.90. The Balaban J connectivity index is 1.89. The van der Waals surface area contributed by atoms with Crippen molar-refractivity contribution in [1.82, 2.24) is 4.90 Å². The van der Waals surface area contributed by atoms with Crippen LogP contribution in [0.3, 0.4) is 0 Å². The van der Waals surface area contributed by atoms with Gasteiger partial charge in [-0.1, -0.05) is 12.1 Å². The Bertz CT molecular complexity index is 867. The number of halogens is 3. The lowest BCUT2D eigenvalue weighted by atomic mass is 9.78. The number of hydrogen-bond donors (Lipinski definition) is 0. The zero-order chi connectivity index (χ0) is 22.2. The summed E-state index contributed by atoms with van der Waals surface area (Å²) in [6, 6.07) is 2.84. The minimum absolute atomic E-state index is 0.0458. The molecule has 1 aromatic carbocycles. The molecule has 0 radical (unpaired) electrons. The Hall–Kier alpha value is -2.49. The molecule has 4 rings (SSSR count). The van der Waals surface area contributed by atoms with Gasteiger partial charge in [0.1, 0.15) is 0 Å². The van der Waals surface area contributed by atoms with Crippen LogP contribution in [0.1, 0.15) is 37.7 Å². The molecule has 0 aromatic heterocycles. The number of nitrogens with zero attached hydrogens (tertiary/aromatic N) is 2. The minimum Gasteiger partial charge on any atom is -0.490 e. The minimum atomic E-state index is -4.90. The zero-order valence-corrected chi connectivity index (χ0v) is 17.2. The van der Waals surface area contributed by atoms with Crippen molar-refractivity contribution in [1.29, 1.82) is 0 Å². The Kier molecular flexibility index (Phi) is 6.00. The van der Waals surface area contributed by atoms with Gasteiger partial charge in [-0.15, -0.1) is 0 Å². The van der Waals surface area contributed by atoms with Crippen molar-refractivity contribution in [3.63, 3.8) is 0 Å². The van der Waals surface area contributed by atoms with Crippen LogP contribution in [0.15, 0.2) is 29.5 Å². The van der Waals surface area contributed by atoms with Gasteiger partial charge in [0.15, 0.2) is 11.5 Å². The third-order valence-corrected chi connectivity index (χ3v) is 6.11. The molecular weight excluding hydrogens is 417 g/mol. The predicted octanol–water partition coefficient (Wildman–Crippen LogP) is 3.91. The molecule has 7 nitrogen and oxygen atoms in total. The Morgan fingerprint density at radius 1 is 1.26 bits per heavy atom. The number of alkyl halides is 3. The van der Waals surface area contributed by atoms with Crippen molar-refractivity contribution < 1.29 is 32.3 Å². The number of morpholine rings is 1. The second-order valence-corrected chi connectivity index (χ2v) is 7.87. The highest BCUT2D eigenvalue weighted by Gasteiger charge is 2.60. The lowest BCUT2D eigenvalue weighted by molar-refractivity contribution is -0.547. The fourth-order valence-electron chi connectivity index (χ4n) is 4.90. The van der Waals surface area contributed by atoms with Crippen LogP contribution in [0, 0.1) is 10.1 Å². The third kappa shape index (κ3) is 4.05. The molecular formula is C21H25F3N2O5. The van der Waals surface area contributed by atoms with Crippen LogP contribution in [-0.4, -0.2) is 61.1 Å². The molecule has 0 amide bonds. The maximum atomic E-state index is 14.0. The molecule has 1 aromatic rings. The van der Waals surface area contributed by atoms with E-state index in [-0.39, 0.29) is 18.1 Å². The lowest BCUT2D eigenvalue weighted by Crippen LogP contribution is -2.54. The van der Waals surface area contributed by atoms with Crippen molar-refractivity contribution in [2.45, 2.75) is 50.4 Å². The van der Waals surface area contributed by atoms with Gasteiger partial charge in [0, 0.05) is 29.3 Å². The van der Waals surface area contributed by atoms with Gasteiger partial charge in [-0.2, -0.15) is 13.2 Å². The summed E-state index contributed by atoms with van der Waals surface area (Å²) in [6.45, 7) is 4.26. The molecule has 10 heteroatoms. The third-order valence-electron chi connectivity index (χ3n) is 6.11. The summed E-state index contributed by atoms with van der Waals surface area (Å²) in [5, 5.41) is 12.0. The number of nitro groups is 1. The second-order valence-electron chi connectivity index (χ2n) is 7.87. The van der Waals surface area contributed by atoms with Gasteiger partial charge in [-0.3, -0.25) is 10.1 Å². The van der Waals surface area contributed by atoms with E-state index in [1.165, 1.54) is 6.07 Å². The summed E-state index contributed by atoms with van der Waals surface area (Å²) in [6.07, 6.45) is -5.49. The topological polar surface area (TPSA) is 74.1 Å². The Morgan fingerprint density at radius 2 is 2.00 bits per heavy atom. The van der Waals surface area contributed by atoms with Crippen LogP contribution in [0.25, 0.3) is 0 Å². The summed E-state index contributed by atoms with van der Waals surface area (Å²) in [5.41, 5.74) is 2.00. The average Bonchev–Trinajstić information content (AvgIpc) is 3.22. The molecule has 170 valence electrons. The predicted molar refractivity (Wildman–Crippen MR) is 105 cm³/mol. The highest BCUT2D eigenvalue weighted by atomic mass is 19.4. The number of para-hydroxylation sites is 1. The SMILES string of the molecule is CCOc1cccc2c1O[C@H](C(F)(F)F)[C@@H]([N+](=O)[O-])[C@@H]2C1=C(N2CCOCC2)CCC1. The molecule has 1 fully saturated rings. The van der Waals surface area contributed by atoms with Crippen molar-refractivity contribution in [3.8, 4) is 11.5 Å². The van der Waals surface area contributed by atoms with Gasteiger partial charge in [0.05, 0.1) is 25.7 Å². The van der Waals surface area contributed by atoms with Gasteiger partial charge in [-0.25, -0.2) is 0 Å². The van der Waals surface area contributed by atoms with E-state index in [2.05, 4.69) is 4.90 Å². The molecule has 0 spiro atoms. The first-order valence-corrected chi connectivity index (χ1v) is 10.5. The maximum absolute atomic E-state index is 14.0. The summed E-state index contributed by atoms with van der Waals surface area (Å²) in [4.78, 5) is 13.3. The van der Waals surface area contributed by atoms with Crippen molar-refractivity contribution >= 4 is 0 Å². The summed E-state index contributed by atoms with van der Waals surface area (Å²) in [7, 11) is 0. The average molecular weight is 442 g/mol. The van der Waals surface area contributed by atoms with E-state index in [0.29, 0.717) is 50.3 Å². The van der Waals surface area contributed by atoms with Gasteiger partial charge in [0.25, 0.3) is 12.1 Å². The van der Waals surface area contributed by atoms with E-state index in [1.54, 1.807) is 19.1 Å². The van der Waals surface area contributed by atoms with Crippen molar-refractivity contribution in [2.24, 2.45) is 0 Å². The molecule has 2 aliphatic heterocycles. The quantitative estimate of drug-likeness (QED) is 0.509. The normalized spacial score (nSPS) is 26.5. The van der Waals surface area contributed by atoms with Crippen LogP contribution in [-0.2, 0) is 4.74 Å². The molecule has 3 aliphatic rings. The number of allylic oxidation sites excluding steroid dienone is 1. The first-order chi connectivity index (χ1) is 14.8. The summed E-state index contributed by atoms with van der Waals surface area (Å²) < 4.78 is 58.1. The van der Waals surface area contributed by atoms with Gasteiger partial charge in [0.2, 0.25) is 0 Å². The molecule has 3 atom stereocenters. The molecule has 1 saturated heterocycles. The monoisotopic (exact) mass is 442 g/mol. The van der Waals surface area contributed by atoms with Crippen LogP contribution >= 0.6 is 0 Å². The zero-order valence-electron chi connectivity index (χ0n) is 17.2. The number of ether oxygens (including phenoxy) is 3. The highest BCUT2D eigenvalue weighted by molar-refractivity contribution is 5.54. The van der Waals surface area contributed by atoms with E-state index < -0.39 is 29.2 Å². The van der Waals surface area contributed by atoms with Crippen molar-refractivity contribution in [3.05, 3.63) is 45.1 Å². The number of rotatable bonds is 5. The largest absolute Gasteiger partial charge is 0.490 e. The number of fused-ring (bicyclic) bond motifs is 1. The molecule has 1 aliphatic carbocycles. The van der Waals surface area contributed by atoms with Gasteiger partial charge < -0.3 is 19.1 Å². The van der Waals surface area contributed by atoms with E-state index >= 15 is 0 Å². The van der Waals surface area contributed by atoms with E-state index in [9.17, 15) is 23.3 Å². The molecule has 31 heavy (non-hydrogen) atoms. The molecule has 0 unspecified atom stereocenters. The summed E-state index contributed by atoms with van der Waals surface area (Å²) in [5.74, 6) is -0.908. The van der Waals surface area contributed by atoms with Crippen LogP contribution < -0.4 is 9.47 Å². The smallest absolute Gasteiger partial charge is 0.432 e. The van der Waals surface area contributed by atoms with Crippen LogP contribution in [0.2, 0.25) is 0 Å². The first kappa shape index (κ1) is 21.7. The molecule has 2 heterocycles.